The molecule has 1 amide bonds. The summed E-state index contributed by atoms with van der Waals surface area (Å²) in [6, 6.07) is 10.1. The lowest BCUT2D eigenvalue weighted by Crippen LogP contribution is -2.48. The molecule has 0 unspecified atom stereocenters. The number of aliphatic hydroxyl groups excluding tert-OH is 1. The fraction of sp³-hybridized carbons (Fsp3) is 0.484. The summed E-state index contributed by atoms with van der Waals surface area (Å²) in [5, 5.41) is 17.5. The normalized spacial score (nSPS) is 20.0. The molecule has 1 saturated carbocycles. The van der Waals surface area contributed by atoms with E-state index in [9.17, 15) is 9.90 Å². The van der Waals surface area contributed by atoms with Gasteiger partial charge in [-0.25, -0.2) is 4.98 Å². The lowest BCUT2D eigenvalue weighted by molar-refractivity contribution is 0.102. The van der Waals surface area contributed by atoms with Crippen molar-refractivity contribution in [1.29, 1.82) is 0 Å². The van der Waals surface area contributed by atoms with Crippen LogP contribution < -0.4 is 10.2 Å². The first kappa shape index (κ1) is 28.3. The second kappa shape index (κ2) is 12.2. The molecule has 222 valence electrons. The number of nitrogens with one attached hydrogen (secondary N) is 1. The number of nitrogens with zero attached hydrogens (tertiary/aromatic N) is 8. The number of hydrogen-bond donors (Lipinski definition) is 2. The maximum absolute atomic E-state index is 13.5. The number of aryl methyl sites for hydroxylation is 1. The zero-order valence-corrected chi connectivity index (χ0v) is 24.8. The molecule has 11 heteroatoms. The molecule has 0 spiro atoms. The van der Waals surface area contributed by atoms with E-state index in [1.165, 1.54) is 5.69 Å². The average Bonchev–Trinajstić information content (AvgIpc) is 3.59. The van der Waals surface area contributed by atoms with Crippen molar-refractivity contribution in [2.45, 2.75) is 37.8 Å². The molecule has 11 nitrogen and oxygen atoms in total. The molecule has 0 radical (unpaired) electrons. The van der Waals surface area contributed by atoms with Gasteiger partial charge in [0.25, 0.3) is 5.91 Å². The van der Waals surface area contributed by atoms with Crippen molar-refractivity contribution in [1.82, 2.24) is 34.1 Å². The van der Waals surface area contributed by atoms with Crippen molar-refractivity contribution in [3.05, 3.63) is 54.5 Å². The Kier molecular flexibility index (Phi) is 8.23. The molecule has 1 aromatic carbocycles. The maximum atomic E-state index is 13.5. The van der Waals surface area contributed by atoms with E-state index in [2.05, 4.69) is 67.0 Å². The summed E-state index contributed by atoms with van der Waals surface area (Å²) in [5.41, 5.74) is 5.11. The first-order valence-corrected chi connectivity index (χ1v) is 14.9. The third kappa shape index (κ3) is 6.18. The number of benzene rings is 1. The minimum atomic E-state index is -0.267. The molecule has 1 saturated heterocycles. The predicted molar refractivity (Wildman–Crippen MR) is 165 cm³/mol. The van der Waals surface area contributed by atoms with Crippen LogP contribution in [0.5, 0.6) is 0 Å². The van der Waals surface area contributed by atoms with Crippen molar-refractivity contribution in [3.63, 3.8) is 0 Å². The quantitative estimate of drug-likeness (QED) is 0.332. The van der Waals surface area contributed by atoms with Gasteiger partial charge in [0.2, 0.25) is 5.95 Å². The summed E-state index contributed by atoms with van der Waals surface area (Å²) < 4.78 is 3.91. The van der Waals surface area contributed by atoms with Gasteiger partial charge in [-0.3, -0.25) is 24.7 Å². The number of pyridine rings is 1. The van der Waals surface area contributed by atoms with Gasteiger partial charge < -0.3 is 19.5 Å². The minimum Gasteiger partial charge on any atom is -0.393 e. The molecular formula is C31H41N9O2. The first-order chi connectivity index (χ1) is 20.3. The highest BCUT2D eigenvalue weighted by Gasteiger charge is 2.27. The van der Waals surface area contributed by atoms with E-state index in [-0.39, 0.29) is 18.1 Å². The predicted octanol–water partition coefficient (Wildman–Crippen LogP) is 3.24. The van der Waals surface area contributed by atoms with Gasteiger partial charge in [-0.2, -0.15) is 5.10 Å². The molecule has 42 heavy (non-hydrogen) atoms. The van der Waals surface area contributed by atoms with Crippen LogP contribution in [0.1, 0.15) is 42.1 Å². The minimum absolute atomic E-state index is 0.148. The van der Waals surface area contributed by atoms with Gasteiger partial charge in [0.05, 0.1) is 29.0 Å². The molecule has 1 aliphatic heterocycles. The fourth-order valence-corrected chi connectivity index (χ4v) is 6.08. The van der Waals surface area contributed by atoms with Gasteiger partial charge in [0.15, 0.2) is 0 Å². The number of fused-ring (bicyclic) bond motifs is 1. The van der Waals surface area contributed by atoms with Gasteiger partial charge in [0.1, 0.15) is 0 Å². The molecule has 2 fully saturated rings. The lowest BCUT2D eigenvalue weighted by atomic mass is 9.93. The lowest BCUT2D eigenvalue weighted by Gasteiger charge is -2.36. The third-order valence-electron chi connectivity index (χ3n) is 8.55. The van der Waals surface area contributed by atoms with E-state index in [1.54, 1.807) is 29.2 Å². The Labute approximate surface area is 246 Å². The van der Waals surface area contributed by atoms with Crippen LogP contribution in [0, 0.1) is 0 Å². The second-order valence-electron chi connectivity index (χ2n) is 11.9. The summed E-state index contributed by atoms with van der Waals surface area (Å²) in [4.78, 5) is 30.1. The highest BCUT2D eigenvalue weighted by molar-refractivity contribution is 6.04. The van der Waals surface area contributed by atoms with Gasteiger partial charge in [0, 0.05) is 81.6 Å². The number of carbonyl (C=O) groups is 1. The Morgan fingerprint density at radius 1 is 1.07 bits per heavy atom. The first-order valence-electron chi connectivity index (χ1n) is 14.9. The highest BCUT2D eigenvalue weighted by atomic mass is 16.3. The van der Waals surface area contributed by atoms with Gasteiger partial charge in [-0.05, 0) is 70.1 Å². The number of carbonyl (C=O) groups excluding carboxylic acids is 1. The van der Waals surface area contributed by atoms with Gasteiger partial charge >= 0.3 is 0 Å². The average molecular weight is 572 g/mol. The SMILES string of the molecule is CN(C)CCN1CCN(c2ccc3nc(NC(=O)c4ccnc(-c5cnn(C)c5)c4)n([C@H]4CC[C@@H](O)CC4)c3c2)CC1. The maximum Gasteiger partial charge on any atom is 0.258 e. The van der Waals surface area contributed by atoms with Crippen LogP contribution in [0.25, 0.3) is 22.3 Å². The molecule has 0 atom stereocenters. The zero-order chi connectivity index (χ0) is 29.2. The second-order valence-corrected chi connectivity index (χ2v) is 11.9. The van der Waals surface area contributed by atoms with E-state index < -0.39 is 0 Å². The van der Waals surface area contributed by atoms with E-state index in [0.29, 0.717) is 17.2 Å². The number of aromatic nitrogens is 5. The molecule has 6 rings (SSSR count). The number of likely N-dealkylation sites (N-methyl/N-ethyl adjacent to an activating group) is 1. The fourth-order valence-electron chi connectivity index (χ4n) is 6.08. The van der Waals surface area contributed by atoms with Crippen LogP contribution in [-0.4, -0.2) is 105 Å². The largest absolute Gasteiger partial charge is 0.393 e. The standard InChI is InChI=1S/C31H41N9O2/c1-36(2)12-13-38-14-16-39(17-15-38)25-6-9-27-29(19-25)40(24-4-7-26(41)8-5-24)31(34-27)35-30(42)22-10-11-32-28(18-22)23-20-33-37(3)21-23/h6,9-11,18-21,24,26,41H,4-5,7-8,12-17H2,1-3H3,(H,34,35,42)/t24-,26+. The summed E-state index contributed by atoms with van der Waals surface area (Å²) in [5.74, 6) is 0.311. The molecule has 2 N–H and O–H groups in total. The van der Waals surface area contributed by atoms with Crippen LogP contribution in [-0.2, 0) is 7.05 Å². The number of imidazole rings is 1. The van der Waals surface area contributed by atoms with Crippen LogP contribution >= 0.6 is 0 Å². The number of amides is 1. The topological polar surface area (TPSA) is 108 Å². The zero-order valence-electron chi connectivity index (χ0n) is 24.8. The summed E-state index contributed by atoms with van der Waals surface area (Å²) in [7, 11) is 6.09. The van der Waals surface area contributed by atoms with Crippen molar-refractivity contribution in [2.75, 3.05) is 63.6 Å². The molecule has 0 bridgehead atoms. The highest BCUT2D eigenvalue weighted by Crippen LogP contribution is 2.36. The summed E-state index contributed by atoms with van der Waals surface area (Å²) in [6.45, 7) is 6.20. The van der Waals surface area contributed by atoms with E-state index in [1.807, 2.05) is 13.2 Å². The molecule has 4 aromatic rings. The van der Waals surface area contributed by atoms with Crippen molar-refractivity contribution in [3.8, 4) is 11.3 Å². The third-order valence-corrected chi connectivity index (χ3v) is 8.55. The Bertz CT molecular complexity index is 1530. The Morgan fingerprint density at radius 3 is 2.57 bits per heavy atom. The van der Waals surface area contributed by atoms with Crippen LogP contribution in [0.3, 0.4) is 0 Å². The number of piperazine rings is 1. The van der Waals surface area contributed by atoms with Crippen molar-refractivity contribution in [2.24, 2.45) is 7.05 Å². The monoisotopic (exact) mass is 571 g/mol. The number of hydrogen-bond acceptors (Lipinski definition) is 8. The summed E-state index contributed by atoms with van der Waals surface area (Å²) >= 11 is 0. The molecule has 4 heterocycles. The van der Waals surface area contributed by atoms with E-state index in [4.69, 9.17) is 4.98 Å². The van der Waals surface area contributed by atoms with Crippen LogP contribution in [0.15, 0.2) is 48.9 Å². The molecule has 3 aromatic heterocycles. The Morgan fingerprint density at radius 2 is 1.86 bits per heavy atom. The summed E-state index contributed by atoms with van der Waals surface area (Å²) in [6.07, 6.45) is 8.15. The molecule has 1 aliphatic carbocycles. The smallest absolute Gasteiger partial charge is 0.258 e. The molecular weight excluding hydrogens is 530 g/mol. The van der Waals surface area contributed by atoms with E-state index >= 15 is 0 Å². The Hall–Kier alpha value is -3.80. The van der Waals surface area contributed by atoms with Crippen LogP contribution in [0.4, 0.5) is 11.6 Å². The van der Waals surface area contributed by atoms with Gasteiger partial charge in [-0.15, -0.1) is 0 Å². The number of aliphatic hydroxyl groups is 1. The number of rotatable bonds is 8. The van der Waals surface area contributed by atoms with Crippen molar-refractivity contribution < 1.29 is 9.90 Å². The van der Waals surface area contributed by atoms with Gasteiger partial charge in [-0.1, -0.05) is 0 Å². The Balaban J connectivity index is 1.27. The van der Waals surface area contributed by atoms with Crippen LogP contribution in [0.2, 0.25) is 0 Å². The molecule has 2 aliphatic rings. The van der Waals surface area contributed by atoms with Crippen molar-refractivity contribution >= 4 is 28.6 Å². The van der Waals surface area contributed by atoms with E-state index in [0.717, 1.165) is 81.5 Å². The number of anilines is 2.